The van der Waals surface area contributed by atoms with Crippen molar-refractivity contribution in [1.29, 1.82) is 0 Å². The van der Waals surface area contributed by atoms with Crippen molar-refractivity contribution in [2.45, 2.75) is 13.5 Å². The average molecular weight is 466 g/mol. The fourth-order valence-corrected chi connectivity index (χ4v) is 3.53. The molecule has 0 saturated carbocycles. The topological polar surface area (TPSA) is 85.1 Å². The molecule has 8 heteroatoms. The van der Waals surface area contributed by atoms with Crippen LogP contribution in [0.15, 0.2) is 84.1 Å². The van der Waals surface area contributed by atoms with Crippen molar-refractivity contribution >= 4 is 22.6 Å². The molecule has 1 aromatic heterocycles. The molecule has 0 fully saturated rings. The fraction of sp³-hybridized carbons (Fsp3) is 0.154. The van der Waals surface area contributed by atoms with Gasteiger partial charge in [-0.15, -0.1) is 0 Å². The number of rotatable bonds is 9. The third kappa shape index (κ3) is 5.80. The normalized spacial score (nSPS) is 11.1. The maximum atomic E-state index is 11.7. The van der Waals surface area contributed by atoms with Gasteiger partial charge in [-0.1, -0.05) is 35.5 Å². The van der Waals surface area contributed by atoms with Gasteiger partial charge in [0.15, 0.2) is 0 Å². The van der Waals surface area contributed by atoms with Crippen molar-refractivity contribution in [2.75, 3.05) is 13.7 Å². The molecule has 0 N–H and O–H groups in total. The van der Waals surface area contributed by atoms with E-state index in [1.165, 1.54) is 0 Å². The van der Waals surface area contributed by atoms with Gasteiger partial charge in [-0.05, 0) is 43.3 Å². The molecule has 7 nitrogen and oxygen atoms in total. The zero-order chi connectivity index (χ0) is 23.2. The van der Waals surface area contributed by atoms with Gasteiger partial charge in [0.25, 0.3) is 0 Å². The van der Waals surface area contributed by atoms with Crippen LogP contribution in [0.4, 0.5) is 0 Å². The van der Waals surface area contributed by atoms with E-state index < -0.39 is 5.97 Å². The number of carbonyl (C=O) groups excluding carboxylic acids is 1. The monoisotopic (exact) mass is 466 g/mol. The number of aromatic carboxylic acids is 1. The van der Waals surface area contributed by atoms with Crippen molar-refractivity contribution in [3.05, 3.63) is 90.1 Å². The Labute approximate surface area is 219 Å². The van der Waals surface area contributed by atoms with Crippen LogP contribution in [0, 0.1) is 0 Å². The standard InChI is InChI=1S/C26H24N2O5.Na/c1-3-32-27-24(18-8-7-11-21(14-18)33-19-9-5-4-6-10-19)17-28-16-23(26(29)30)22-13-12-20(31-2)15-25(22)28;/h4-16H,3,17H2,1-2H3,(H,29,30);/q;+1/p-1. The van der Waals surface area contributed by atoms with Crippen molar-refractivity contribution in [2.24, 2.45) is 5.16 Å². The van der Waals surface area contributed by atoms with Gasteiger partial charge in [-0.2, -0.15) is 0 Å². The molecule has 0 atom stereocenters. The van der Waals surface area contributed by atoms with Crippen LogP contribution in [-0.2, 0) is 11.4 Å². The van der Waals surface area contributed by atoms with E-state index in [-0.39, 0.29) is 41.7 Å². The first-order valence-electron chi connectivity index (χ1n) is 10.5. The van der Waals surface area contributed by atoms with Crippen LogP contribution in [0.5, 0.6) is 17.2 Å². The summed E-state index contributed by atoms with van der Waals surface area (Å²) in [4.78, 5) is 17.1. The number of aromatic nitrogens is 1. The first-order valence-corrected chi connectivity index (χ1v) is 10.5. The smallest absolute Gasteiger partial charge is 0.545 e. The first kappa shape index (κ1) is 25.4. The maximum absolute atomic E-state index is 11.7. The third-order valence-electron chi connectivity index (χ3n) is 5.08. The molecule has 0 spiro atoms. The number of ether oxygens (including phenoxy) is 2. The maximum Gasteiger partial charge on any atom is 1.00 e. The van der Waals surface area contributed by atoms with Crippen LogP contribution in [0.1, 0.15) is 22.8 Å². The van der Waals surface area contributed by atoms with Gasteiger partial charge in [0, 0.05) is 28.8 Å². The molecule has 0 saturated heterocycles. The second kappa shape index (κ2) is 11.7. The first-order chi connectivity index (χ1) is 16.1. The molecule has 0 amide bonds. The Morgan fingerprint density at radius 1 is 0.971 bits per heavy atom. The average Bonchev–Trinajstić information content (AvgIpc) is 3.20. The largest absolute Gasteiger partial charge is 1.00 e. The summed E-state index contributed by atoms with van der Waals surface area (Å²) in [5, 5.41) is 16.6. The van der Waals surface area contributed by atoms with Crippen LogP contribution < -0.4 is 44.1 Å². The quantitative estimate of drug-likeness (QED) is 0.211. The van der Waals surface area contributed by atoms with E-state index in [4.69, 9.17) is 14.3 Å². The second-order valence-electron chi connectivity index (χ2n) is 7.24. The van der Waals surface area contributed by atoms with Gasteiger partial charge in [0.1, 0.15) is 29.6 Å². The van der Waals surface area contributed by atoms with E-state index in [9.17, 15) is 9.90 Å². The number of benzene rings is 3. The Bertz CT molecular complexity index is 1300. The van der Waals surface area contributed by atoms with E-state index >= 15 is 0 Å². The zero-order valence-electron chi connectivity index (χ0n) is 19.4. The summed E-state index contributed by atoms with van der Waals surface area (Å²) in [7, 11) is 1.56. The molecular weight excluding hydrogens is 443 g/mol. The van der Waals surface area contributed by atoms with Gasteiger partial charge < -0.3 is 28.8 Å². The zero-order valence-corrected chi connectivity index (χ0v) is 21.4. The van der Waals surface area contributed by atoms with E-state index in [2.05, 4.69) is 5.16 Å². The molecule has 4 aromatic rings. The molecular formula is C26H23N2NaO5. The summed E-state index contributed by atoms with van der Waals surface area (Å²) in [6.45, 7) is 2.51. The number of carbonyl (C=O) groups is 1. The summed E-state index contributed by atoms with van der Waals surface area (Å²) in [5.74, 6) is 0.746. The van der Waals surface area contributed by atoms with E-state index in [0.717, 1.165) is 11.3 Å². The molecule has 0 aliphatic carbocycles. The van der Waals surface area contributed by atoms with E-state index in [1.54, 1.807) is 36.1 Å². The van der Waals surface area contributed by atoms with E-state index in [1.807, 2.05) is 61.5 Å². The summed E-state index contributed by atoms with van der Waals surface area (Å²) < 4.78 is 13.1. The molecule has 0 aliphatic heterocycles. The van der Waals surface area contributed by atoms with Gasteiger partial charge in [0.05, 0.1) is 25.1 Å². The van der Waals surface area contributed by atoms with Gasteiger partial charge >= 0.3 is 29.6 Å². The molecule has 0 radical (unpaired) electrons. The molecule has 0 bridgehead atoms. The summed E-state index contributed by atoms with van der Waals surface area (Å²) in [5.41, 5.74) is 2.19. The fourth-order valence-electron chi connectivity index (χ4n) is 3.53. The minimum atomic E-state index is -1.24. The van der Waals surface area contributed by atoms with Crippen molar-refractivity contribution in [1.82, 2.24) is 4.57 Å². The van der Waals surface area contributed by atoms with Gasteiger partial charge in [-0.25, -0.2) is 0 Å². The Hall–Kier alpha value is -3.26. The summed E-state index contributed by atoms with van der Waals surface area (Å²) >= 11 is 0. The Morgan fingerprint density at radius 3 is 2.44 bits per heavy atom. The minimum Gasteiger partial charge on any atom is -0.545 e. The number of methoxy groups -OCH3 is 1. The van der Waals surface area contributed by atoms with E-state index in [0.29, 0.717) is 34.7 Å². The van der Waals surface area contributed by atoms with Crippen LogP contribution in [-0.4, -0.2) is 30.0 Å². The molecule has 0 aliphatic rings. The number of para-hydroxylation sites is 1. The van der Waals surface area contributed by atoms with Crippen molar-refractivity contribution < 1.29 is 53.8 Å². The molecule has 1 heterocycles. The number of fused-ring (bicyclic) bond motifs is 1. The molecule has 3 aromatic carbocycles. The number of hydrogen-bond donors (Lipinski definition) is 0. The third-order valence-corrected chi connectivity index (χ3v) is 5.08. The van der Waals surface area contributed by atoms with Gasteiger partial charge in [-0.3, -0.25) is 0 Å². The Kier molecular flexibility index (Phi) is 8.76. The Balaban J connectivity index is 0.00000324. The van der Waals surface area contributed by atoms with Crippen LogP contribution in [0.3, 0.4) is 0 Å². The molecule has 0 unspecified atom stereocenters. The molecule has 34 heavy (non-hydrogen) atoms. The number of nitrogens with zero attached hydrogens (tertiary/aromatic N) is 2. The summed E-state index contributed by atoms with van der Waals surface area (Å²) in [6.07, 6.45) is 1.55. The minimum absolute atomic E-state index is 0. The second-order valence-corrected chi connectivity index (χ2v) is 7.24. The number of oxime groups is 1. The Morgan fingerprint density at radius 2 is 1.74 bits per heavy atom. The molecule has 168 valence electrons. The predicted octanol–water partition coefficient (Wildman–Crippen LogP) is 1.25. The van der Waals surface area contributed by atoms with Gasteiger partial charge in [0.2, 0.25) is 0 Å². The number of carboxylic acids is 1. The summed E-state index contributed by atoms with van der Waals surface area (Å²) in [6, 6.07) is 22.2. The number of hydrogen-bond acceptors (Lipinski definition) is 6. The SMILES string of the molecule is CCON=C(Cn1cc(C(=O)[O-])c2ccc(OC)cc21)c1cccc(Oc2ccccc2)c1.[Na+]. The van der Waals surface area contributed by atoms with Crippen LogP contribution >= 0.6 is 0 Å². The number of carboxylic acid groups (broad SMARTS) is 1. The predicted molar refractivity (Wildman–Crippen MR) is 124 cm³/mol. The van der Waals surface area contributed by atoms with Crippen LogP contribution in [0.2, 0.25) is 0 Å². The van der Waals surface area contributed by atoms with Crippen LogP contribution in [0.25, 0.3) is 10.9 Å². The van der Waals surface area contributed by atoms with Crippen molar-refractivity contribution in [3.8, 4) is 17.2 Å². The molecule has 4 rings (SSSR count). The van der Waals surface area contributed by atoms with Crippen molar-refractivity contribution in [3.63, 3.8) is 0 Å².